The number of hydrogen-bond acceptors (Lipinski definition) is 8. The Balaban J connectivity index is 2.36. The van der Waals surface area contributed by atoms with Crippen LogP contribution in [0.5, 0.6) is 0 Å². The highest BCUT2D eigenvalue weighted by Gasteiger charge is 2.44. The number of carbonyl (C=O) groups excluding carboxylic acids is 1. The van der Waals surface area contributed by atoms with Crippen molar-refractivity contribution in [1.29, 1.82) is 0 Å². The van der Waals surface area contributed by atoms with Crippen LogP contribution in [-0.4, -0.2) is 87.5 Å². The Bertz CT molecular complexity index is 972. The number of allylic oxidation sites excluding steroid dienone is 5. The van der Waals surface area contributed by atoms with Crippen molar-refractivity contribution >= 4 is 5.91 Å². The molecule has 1 fully saturated rings. The molecule has 7 atom stereocenters. The van der Waals surface area contributed by atoms with Gasteiger partial charge in [-0.3, -0.25) is 4.79 Å². The van der Waals surface area contributed by atoms with Crippen LogP contribution in [0.3, 0.4) is 0 Å². The first-order chi connectivity index (χ1) is 27.3. The molecular formula is C47H87NO8. The van der Waals surface area contributed by atoms with E-state index < -0.39 is 49.5 Å². The zero-order chi connectivity index (χ0) is 40.9. The van der Waals surface area contributed by atoms with E-state index in [1.807, 2.05) is 6.08 Å². The first kappa shape index (κ1) is 52.4. The third-order valence-electron chi connectivity index (χ3n) is 11.0. The smallest absolute Gasteiger partial charge is 0.220 e. The first-order valence-electron chi connectivity index (χ1n) is 23.2. The minimum Gasteiger partial charge on any atom is -0.394 e. The third kappa shape index (κ3) is 27.9. The molecule has 1 heterocycles. The molecule has 1 aliphatic rings. The van der Waals surface area contributed by atoms with E-state index >= 15 is 0 Å². The molecule has 0 saturated carbocycles. The molecule has 0 aromatic rings. The van der Waals surface area contributed by atoms with Gasteiger partial charge in [0.25, 0.3) is 0 Å². The van der Waals surface area contributed by atoms with Gasteiger partial charge in [-0.1, -0.05) is 185 Å². The molecule has 9 heteroatoms. The maximum absolute atomic E-state index is 12.9. The van der Waals surface area contributed by atoms with Crippen LogP contribution in [0.4, 0.5) is 0 Å². The highest BCUT2D eigenvalue weighted by atomic mass is 16.7. The zero-order valence-electron chi connectivity index (χ0n) is 35.9. The van der Waals surface area contributed by atoms with Crippen LogP contribution in [0.2, 0.25) is 0 Å². The average molecular weight is 794 g/mol. The van der Waals surface area contributed by atoms with Crippen LogP contribution in [0.25, 0.3) is 0 Å². The molecule has 0 spiro atoms. The van der Waals surface area contributed by atoms with Gasteiger partial charge in [0.05, 0.1) is 25.4 Å². The van der Waals surface area contributed by atoms with Crippen LogP contribution >= 0.6 is 0 Å². The Morgan fingerprint density at radius 3 is 1.59 bits per heavy atom. The second kappa shape index (κ2) is 37.7. The molecule has 1 aliphatic heterocycles. The quantitative estimate of drug-likeness (QED) is 0.0268. The first-order valence-corrected chi connectivity index (χ1v) is 23.2. The van der Waals surface area contributed by atoms with E-state index in [4.69, 9.17) is 9.47 Å². The van der Waals surface area contributed by atoms with Crippen molar-refractivity contribution in [3.63, 3.8) is 0 Å². The number of rotatable bonds is 38. The van der Waals surface area contributed by atoms with Crippen molar-refractivity contribution in [2.24, 2.45) is 0 Å². The molecule has 56 heavy (non-hydrogen) atoms. The van der Waals surface area contributed by atoms with E-state index in [9.17, 15) is 30.3 Å². The van der Waals surface area contributed by atoms with Gasteiger partial charge in [0.2, 0.25) is 5.91 Å². The largest absolute Gasteiger partial charge is 0.394 e. The van der Waals surface area contributed by atoms with E-state index in [0.29, 0.717) is 6.42 Å². The summed E-state index contributed by atoms with van der Waals surface area (Å²) in [5.74, 6) is -0.192. The second-order valence-corrected chi connectivity index (χ2v) is 16.2. The van der Waals surface area contributed by atoms with Crippen molar-refractivity contribution in [3.8, 4) is 0 Å². The van der Waals surface area contributed by atoms with Gasteiger partial charge >= 0.3 is 0 Å². The molecular weight excluding hydrogens is 707 g/mol. The van der Waals surface area contributed by atoms with Crippen LogP contribution in [0.15, 0.2) is 36.5 Å². The Morgan fingerprint density at radius 1 is 0.607 bits per heavy atom. The normalized spacial score (nSPS) is 21.4. The molecule has 9 nitrogen and oxygen atoms in total. The zero-order valence-corrected chi connectivity index (χ0v) is 35.9. The van der Waals surface area contributed by atoms with E-state index in [1.54, 1.807) is 6.08 Å². The van der Waals surface area contributed by atoms with Crippen molar-refractivity contribution in [2.75, 3.05) is 13.2 Å². The minimum atomic E-state index is -1.57. The Kier molecular flexibility index (Phi) is 35.3. The van der Waals surface area contributed by atoms with Crippen molar-refractivity contribution in [3.05, 3.63) is 36.5 Å². The summed E-state index contributed by atoms with van der Waals surface area (Å²) in [6, 6.07) is -0.810. The summed E-state index contributed by atoms with van der Waals surface area (Å²) >= 11 is 0. The van der Waals surface area contributed by atoms with E-state index in [2.05, 4.69) is 43.5 Å². The third-order valence-corrected chi connectivity index (χ3v) is 11.0. The molecule has 0 aromatic carbocycles. The second-order valence-electron chi connectivity index (χ2n) is 16.2. The Morgan fingerprint density at radius 2 is 1.07 bits per heavy atom. The highest BCUT2D eigenvalue weighted by molar-refractivity contribution is 5.76. The van der Waals surface area contributed by atoms with Gasteiger partial charge in [-0.05, 0) is 44.9 Å². The summed E-state index contributed by atoms with van der Waals surface area (Å²) in [7, 11) is 0. The van der Waals surface area contributed by atoms with Crippen LogP contribution in [0, 0.1) is 0 Å². The van der Waals surface area contributed by atoms with Gasteiger partial charge in [-0.25, -0.2) is 0 Å². The fourth-order valence-electron chi connectivity index (χ4n) is 7.17. The van der Waals surface area contributed by atoms with Crippen LogP contribution in [-0.2, 0) is 14.3 Å². The summed E-state index contributed by atoms with van der Waals surface area (Å²) in [5.41, 5.74) is 0. The molecule has 0 radical (unpaired) electrons. The van der Waals surface area contributed by atoms with Crippen molar-refractivity contribution in [1.82, 2.24) is 5.32 Å². The molecule has 1 rings (SSSR count). The molecule has 1 saturated heterocycles. The maximum Gasteiger partial charge on any atom is 0.220 e. The molecule has 0 bridgehead atoms. The fraction of sp³-hybridized carbons (Fsp3) is 0.851. The lowest BCUT2D eigenvalue weighted by molar-refractivity contribution is -0.302. The predicted octanol–water partition coefficient (Wildman–Crippen LogP) is 9.67. The van der Waals surface area contributed by atoms with Gasteiger partial charge < -0.3 is 40.3 Å². The number of carbonyl (C=O) groups is 1. The monoisotopic (exact) mass is 794 g/mol. The van der Waals surface area contributed by atoms with Gasteiger partial charge in [0.1, 0.15) is 24.4 Å². The number of hydrogen-bond donors (Lipinski definition) is 6. The molecule has 1 amide bonds. The number of amides is 1. The Labute approximate surface area is 342 Å². The van der Waals surface area contributed by atoms with Crippen LogP contribution < -0.4 is 5.32 Å². The number of nitrogens with one attached hydrogen (secondary N) is 1. The standard InChI is InChI=1S/C47H87NO8/c1-3-5-7-9-11-13-15-17-19-20-21-22-23-24-26-28-30-32-34-36-41(50)40(39-55-47-46(54)45(53)44(52)42(38-49)56-47)48-43(51)37-35-33-31-29-27-25-18-16-14-12-10-8-6-4-2/h10,12,16,18,34,36,40-42,44-47,49-50,52-54H,3-9,11,13-15,17,19-33,35,37-39H2,1-2H3,(H,48,51)/b12-10-,18-16-,36-34+. The molecule has 328 valence electrons. The van der Waals surface area contributed by atoms with Crippen molar-refractivity contribution in [2.45, 2.75) is 243 Å². The summed E-state index contributed by atoms with van der Waals surface area (Å²) in [6.07, 6.45) is 39.0. The highest BCUT2D eigenvalue weighted by Crippen LogP contribution is 2.22. The maximum atomic E-state index is 12.9. The number of aliphatic hydroxyl groups excluding tert-OH is 5. The number of unbranched alkanes of at least 4 members (excludes halogenated alkanes) is 24. The van der Waals surface area contributed by atoms with Gasteiger partial charge in [-0.2, -0.15) is 0 Å². The van der Waals surface area contributed by atoms with Crippen molar-refractivity contribution < 1.29 is 39.8 Å². The molecule has 0 aliphatic carbocycles. The molecule has 0 aromatic heterocycles. The Hall–Kier alpha value is -1.59. The minimum absolute atomic E-state index is 0.192. The molecule has 7 unspecified atom stereocenters. The summed E-state index contributed by atoms with van der Waals surface area (Å²) in [5, 5.41) is 54.2. The fourth-order valence-corrected chi connectivity index (χ4v) is 7.17. The lowest BCUT2D eigenvalue weighted by Crippen LogP contribution is -2.60. The lowest BCUT2D eigenvalue weighted by Gasteiger charge is -2.40. The topological polar surface area (TPSA) is 149 Å². The van der Waals surface area contributed by atoms with E-state index in [0.717, 1.165) is 70.6 Å². The van der Waals surface area contributed by atoms with E-state index in [-0.39, 0.29) is 12.5 Å². The van der Waals surface area contributed by atoms with Crippen LogP contribution in [0.1, 0.15) is 200 Å². The lowest BCUT2D eigenvalue weighted by atomic mass is 9.99. The number of aliphatic hydroxyl groups is 5. The predicted molar refractivity (Wildman–Crippen MR) is 230 cm³/mol. The van der Waals surface area contributed by atoms with Gasteiger partial charge in [-0.15, -0.1) is 0 Å². The average Bonchev–Trinajstić information content (AvgIpc) is 3.20. The van der Waals surface area contributed by atoms with Gasteiger partial charge in [0.15, 0.2) is 6.29 Å². The summed E-state index contributed by atoms with van der Waals surface area (Å²) in [4.78, 5) is 12.9. The van der Waals surface area contributed by atoms with E-state index in [1.165, 1.54) is 109 Å². The summed E-state index contributed by atoms with van der Waals surface area (Å²) < 4.78 is 11.2. The van der Waals surface area contributed by atoms with Gasteiger partial charge in [0, 0.05) is 6.42 Å². The SMILES string of the molecule is CCCC/C=C\C/C=C\CCCCCCCC(=O)NC(COC1OC(CO)C(O)C(O)C1O)C(O)/C=C/CCCCCCCCCCCCCCCCCCC. The number of ether oxygens (including phenoxy) is 2. The molecule has 6 N–H and O–H groups in total. The summed E-state index contributed by atoms with van der Waals surface area (Å²) in [6.45, 7) is 3.72.